The van der Waals surface area contributed by atoms with Gasteiger partial charge in [0.15, 0.2) is 74.0 Å². The van der Waals surface area contributed by atoms with Crippen molar-refractivity contribution < 1.29 is 157 Å². The van der Waals surface area contributed by atoms with Gasteiger partial charge in [0.1, 0.15) is 75.2 Å². The van der Waals surface area contributed by atoms with Crippen LogP contribution in [-0.4, -0.2) is 232 Å². The Labute approximate surface area is 478 Å². The van der Waals surface area contributed by atoms with Gasteiger partial charge in [0, 0.05) is 90.0 Å². The molecule has 4 heterocycles. The van der Waals surface area contributed by atoms with E-state index in [2.05, 4.69) is 5.32 Å². The van der Waals surface area contributed by atoms with Gasteiger partial charge in [-0.25, -0.2) is 0 Å². The van der Waals surface area contributed by atoms with Gasteiger partial charge >= 0.3 is 71.6 Å². The van der Waals surface area contributed by atoms with Gasteiger partial charge in [0.25, 0.3) is 0 Å². The third-order valence-corrected chi connectivity index (χ3v) is 11.9. The zero-order chi connectivity index (χ0) is 63.0. The number of hydrogen-bond acceptors (Lipinski definition) is 33. The summed E-state index contributed by atoms with van der Waals surface area (Å²) in [4.78, 5) is 166. The molecule has 1 amide bonds. The molecule has 0 aromatic heterocycles. The minimum atomic E-state index is -2.23. The molecule has 34 heteroatoms. The molecule has 0 saturated carbocycles. The van der Waals surface area contributed by atoms with Crippen LogP contribution < -0.4 is 5.32 Å². The van der Waals surface area contributed by atoms with E-state index < -0.39 is 227 Å². The quantitative estimate of drug-likeness (QED) is 0.0773. The molecule has 0 bridgehead atoms. The molecule has 20 atom stereocenters. The van der Waals surface area contributed by atoms with Crippen LogP contribution in [0.3, 0.4) is 0 Å². The van der Waals surface area contributed by atoms with Gasteiger partial charge in [-0.1, -0.05) is 0 Å². The average Bonchev–Trinajstić information content (AvgIpc) is 1.08. The normalized spacial score (nSPS) is 32.7. The molecule has 0 aromatic rings. The highest BCUT2D eigenvalue weighted by Gasteiger charge is 2.61. The predicted molar refractivity (Wildman–Crippen MR) is 260 cm³/mol. The monoisotopic (exact) mass is 1210 g/mol. The van der Waals surface area contributed by atoms with Gasteiger partial charge in [-0.2, -0.15) is 0 Å². The van der Waals surface area contributed by atoms with Crippen molar-refractivity contribution in [3.05, 3.63) is 0 Å². The maximum absolute atomic E-state index is 13.4. The summed E-state index contributed by atoms with van der Waals surface area (Å²) in [7, 11) is 0. The van der Waals surface area contributed by atoms with E-state index in [-0.39, 0.29) is 0 Å². The van der Waals surface area contributed by atoms with E-state index in [0.717, 1.165) is 90.0 Å². The van der Waals surface area contributed by atoms with Crippen LogP contribution in [0.15, 0.2) is 0 Å². The Balaban J connectivity index is 2.02. The Kier molecular flexibility index (Phi) is 26.1. The molecule has 0 aliphatic carbocycles. The largest absolute Gasteiger partial charge is 0.463 e. The van der Waals surface area contributed by atoms with Crippen LogP contribution in [0.4, 0.5) is 0 Å². The fourth-order valence-electron chi connectivity index (χ4n) is 9.16. The number of aliphatic hydroxyl groups excluding tert-OH is 1. The van der Waals surface area contributed by atoms with E-state index in [0.29, 0.717) is 0 Å². The molecular weight excluding hydrogens is 1140 g/mol. The predicted octanol–water partition coefficient (Wildman–Crippen LogP) is -2.76. The van der Waals surface area contributed by atoms with E-state index in [1.54, 1.807) is 0 Å². The molecule has 4 aliphatic heterocycles. The van der Waals surface area contributed by atoms with Crippen molar-refractivity contribution in [1.82, 2.24) is 5.32 Å². The summed E-state index contributed by atoms with van der Waals surface area (Å²) >= 11 is 0. The highest BCUT2D eigenvalue weighted by molar-refractivity contribution is 5.74. The van der Waals surface area contributed by atoms with Gasteiger partial charge in [-0.05, 0) is 0 Å². The smallest absolute Gasteiger partial charge is 0.303 e. The topological polar surface area (TPSA) is 430 Å². The first-order valence-electron chi connectivity index (χ1n) is 25.7. The Hall–Kier alpha value is -7.21. The van der Waals surface area contributed by atoms with Gasteiger partial charge in [-0.15, -0.1) is 0 Å². The summed E-state index contributed by atoms with van der Waals surface area (Å²) in [6, 6.07) is -1.75. The Bertz CT molecular complexity index is 2410. The number of amides is 1. The Morgan fingerprint density at radius 1 is 0.298 bits per heavy atom. The lowest BCUT2D eigenvalue weighted by Crippen LogP contribution is -2.70. The lowest BCUT2D eigenvalue weighted by Gasteiger charge is -2.51. The first-order chi connectivity index (χ1) is 39.3. The molecule has 4 rings (SSSR count). The second-order valence-electron chi connectivity index (χ2n) is 19.0. The molecule has 2 N–H and O–H groups in total. The van der Waals surface area contributed by atoms with Crippen LogP contribution in [0.1, 0.15) is 90.0 Å². The summed E-state index contributed by atoms with van der Waals surface area (Å²) in [6.45, 7) is 9.12. The summed E-state index contributed by atoms with van der Waals surface area (Å²) in [6.07, 6.45) is -36.9. The number of ether oxygens (including phenoxy) is 19. The summed E-state index contributed by atoms with van der Waals surface area (Å²) < 4.78 is 110. The van der Waals surface area contributed by atoms with Crippen LogP contribution in [0.25, 0.3) is 0 Å². The van der Waals surface area contributed by atoms with Crippen LogP contribution in [-0.2, 0) is 152 Å². The lowest BCUT2D eigenvalue weighted by molar-refractivity contribution is -0.386. The van der Waals surface area contributed by atoms with Crippen molar-refractivity contribution in [2.75, 3.05) is 26.4 Å². The van der Waals surface area contributed by atoms with E-state index >= 15 is 0 Å². The number of carbonyl (C=O) groups excluding carboxylic acids is 13. The van der Waals surface area contributed by atoms with E-state index in [1.165, 1.54) is 0 Å². The number of esters is 12. The van der Waals surface area contributed by atoms with E-state index in [4.69, 9.17) is 90.0 Å². The van der Waals surface area contributed by atoms with Crippen LogP contribution >= 0.6 is 0 Å². The molecule has 0 unspecified atom stereocenters. The molecule has 84 heavy (non-hydrogen) atoms. The minimum Gasteiger partial charge on any atom is -0.463 e. The third-order valence-electron chi connectivity index (χ3n) is 11.9. The molecule has 0 radical (unpaired) electrons. The van der Waals surface area contributed by atoms with Crippen molar-refractivity contribution in [3.63, 3.8) is 0 Å². The number of nitrogens with one attached hydrogen (secondary N) is 1. The zero-order valence-corrected chi connectivity index (χ0v) is 47.9. The molecule has 0 aromatic carbocycles. The van der Waals surface area contributed by atoms with Gasteiger partial charge in [-0.3, -0.25) is 62.3 Å². The first kappa shape index (κ1) is 69.3. The minimum absolute atomic E-state index is 0.746. The van der Waals surface area contributed by atoms with E-state index in [1.807, 2.05) is 0 Å². The standard InChI is InChI=1S/C50H69NO33/c1-18(52)51-35-40(72-25(8)59)36(70-23(6)57)32(15-67-20(3)54)79-48(35)84-43-37(71-24(7)58)33(16-68-21(4)55)80-50(46(43)77-30(13)64)83-39-34(17-69-22(5)56)81-49(45(76-29(12)63)42(39)74-27(10)61)82-38-31(14-66-19(2)53)78-47(65)44(75-28(11)62)41(38)73-26(9)60/h31-50,65H,14-17H2,1-13H3,(H,51,52)/t31-,32-,33-,34-,35-,36+,37+,38-,39+,40-,41+,42+,43+,44-,45-,46-,47-,48+,49+,50-/m1/s1. The maximum Gasteiger partial charge on any atom is 0.303 e. The van der Waals surface area contributed by atoms with Crippen molar-refractivity contribution in [2.45, 2.75) is 213 Å². The highest BCUT2D eigenvalue weighted by Crippen LogP contribution is 2.39. The van der Waals surface area contributed by atoms with Crippen molar-refractivity contribution in [3.8, 4) is 0 Å². The fraction of sp³-hybridized carbons (Fsp3) is 0.740. The van der Waals surface area contributed by atoms with Gasteiger partial charge < -0.3 is 100 Å². The van der Waals surface area contributed by atoms with Gasteiger partial charge in [0.05, 0.1) is 0 Å². The summed E-state index contributed by atoms with van der Waals surface area (Å²) in [5.74, 6) is -13.1. The molecule has 0 spiro atoms. The number of hydrogen-bond donors (Lipinski definition) is 2. The first-order valence-corrected chi connectivity index (χ1v) is 25.7. The fourth-order valence-corrected chi connectivity index (χ4v) is 9.16. The van der Waals surface area contributed by atoms with Crippen LogP contribution in [0.5, 0.6) is 0 Å². The van der Waals surface area contributed by atoms with Gasteiger partial charge in [0.2, 0.25) is 5.91 Å². The van der Waals surface area contributed by atoms with E-state index in [9.17, 15) is 67.4 Å². The summed E-state index contributed by atoms with van der Waals surface area (Å²) in [5, 5.41) is 13.5. The molecule has 472 valence electrons. The van der Waals surface area contributed by atoms with Crippen molar-refractivity contribution >= 4 is 77.5 Å². The second-order valence-corrected chi connectivity index (χ2v) is 19.0. The molecule has 4 aliphatic rings. The second kappa shape index (κ2) is 31.6. The number of rotatable bonds is 23. The molecular formula is C50H69NO33. The maximum atomic E-state index is 13.4. The zero-order valence-electron chi connectivity index (χ0n) is 47.9. The number of carbonyl (C=O) groups is 13. The molecule has 4 saturated heterocycles. The highest BCUT2D eigenvalue weighted by atomic mass is 16.8. The average molecular weight is 1210 g/mol. The number of aliphatic hydroxyl groups is 1. The third kappa shape index (κ3) is 20.5. The molecule has 4 fully saturated rings. The van der Waals surface area contributed by atoms with Crippen LogP contribution in [0.2, 0.25) is 0 Å². The van der Waals surface area contributed by atoms with Crippen molar-refractivity contribution in [1.29, 1.82) is 0 Å². The Morgan fingerprint density at radius 3 is 0.917 bits per heavy atom. The summed E-state index contributed by atoms with van der Waals surface area (Å²) in [5.41, 5.74) is 0. The van der Waals surface area contributed by atoms with Crippen molar-refractivity contribution in [2.24, 2.45) is 0 Å². The Morgan fingerprint density at radius 2 is 0.560 bits per heavy atom. The SMILES string of the molecule is CC(=O)N[C@H]1[C@H](O[C@H]2[C@@H](OC(C)=O)[C@@H](COC(C)=O)O[C@H](O[C@@H]3[C@H](OC(C)=O)[C@@H](OC(C)=O)[C@H](O[C@H]4[C@H](OC(C)=O)[C@@H](OC(C)=O)[C@H](O)O[C@@H]4COC(C)=O)O[C@@H]3COC(C)=O)[C@@H]2OC(C)=O)O[C@H](COC(C)=O)[C@H](OC(C)=O)[C@@H]1OC(C)=O. The lowest BCUT2D eigenvalue weighted by atomic mass is 9.94. The molecule has 34 nitrogen and oxygen atoms in total. The van der Waals surface area contributed by atoms with Crippen LogP contribution in [0, 0.1) is 0 Å².